The number of hydrogen-bond acceptors (Lipinski definition) is 5. The van der Waals surface area contributed by atoms with Crippen molar-refractivity contribution in [1.29, 1.82) is 0 Å². The fraction of sp³-hybridized carbons (Fsp3) is 0.261. The highest BCUT2D eigenvalue weighted by Gasteiger charge is 2.18. The lowest BCUT2D eigenvalue weighted by Crippen LogP contribution is -2.27. The Morgan fingerprint density at radius 3 is 2.52 bits per heavy atom. The summed E-state index contributed by atoms with van der Waals surface area (Å²) in [6, 6.07) is 13.7. The molecule has 0 saturated carbocycles. The average Bonchev–Trinajstić information content (AvgIpc) is 3.46. The molecular weight excluding hydrogens is 390 g/mol. The van der Waals surface area contributed by atoms with Crippen LogP contribution in [0.25, 0.3) is 16.8 Å². The van der Waals surface area contributed by atoms with E-state index in [0.29, 0.717) is 5.56 Å². The fourth-order valence-corrected chi connectivity index (χ4v) is 3.38. The van der Waals surface area contributed by atoms with Crippen LogP contribution in [-0.2, 0) is 0 Å². The molecule has 0 aliphatic heterocycles. The molecule has 158 valence electrons. The molecule has 0 aliphatic carbocycles. The molecular formula is C23H25N7O. The molecule has 1 amide bonds. The van der Waals surface area contributed by atoms with Crippen LogP contribution in [-0.4, -0.2) is 36.1 Å². The summed E-state index contributed by atoms with van der Waals surface area (Å²) >= 11 is 0. The van der Waals surface area contributed by atoms with E-state index >= 15 is 0 Å². The Labute approximate surface area is 180 Å². The van der Waals surface area contributed by atoms with Crippen molar-refractivity contribution in [2.75, 3.05) is 0 Å². The van der Waals surface area contributed by atoms with Crippen molar-refractivity contribution in [3.8, 4) is 16.8 Å². The highest BCUT2D eigenvalue weighted by atomic mass is 16.1. The van der Waals surface area contributed by atoms with E-state index in [2.05, 4.69) is 42.9 Å². The number of amides is 1. The van der Waals surface area contributed by atoms with Gasteiger partial charge in [-0.2, -0.15) is 4.68 Å². The summed E-state index contributed by atoms with van der Waals surface area (Å²) in [5.41, 5.74) is 5.22. The molecule has 1 atom stereocenters. The van der Waals surface area contributed by atoms with Crippen LogP contribution < -0.4 is 5.32 Å². The minimum atomic E-state index is -0.208. The smallest absolute Gasteiger partial charge is 0.251 e. The Balaban J connectivity index is 1.76. The second-order valence-corrected chi connectivity index (χ2v) is 7.94. The summed E-state index contributed by atoms with van der Waals surface area (Å²) in [5.74, 6) is 0.686. The summed E-state index contributed by atoms with van der Waals surface area (Å²) in [7, 11) is 0. The van der Waals surface area contributed by atoms with Gasteiger partial charge < -0.3 is 10.3 Å². The highest BCUT2D eigenvalue weighted by Crippen LogP contribution is 2.26. The molecule has 2 aromatic heterocycles. The molecule has 31 heavy (non-hydrogen) atoms. The van der Waals surface area contributed by atoms with Crippen molar-refractivity contribution in [2.24, 2.45) is 0 Å². The first kappa shape index (κ1) is 20.5. The molecule has 0 bridgehead atoms. The monoisotopic (exact) mass is 415 g/mol. The number of nitrogens with one attached hydrogen (secondary N) is 2. The van der Waals surface area contributed by atoms with Crippen molar-refractivity contribution in [2.45, 2.75) is 39.7 Å². The standard InChI is InChI=1S/C23H25N7O/c1-14(2)22-27-28-29-30(22)20-10-18(17-7-5-15(3)6-8-17)9-19(11-20)23(31)26-16(4)21-12-24-13-25-21/h5-14,16H,1-4H3,(H,24,25)(H,26,31). The molecule has 8 nitrogen and oxygen atoms in total. The van der Waals surface area contributed by atoms with E-state index in [4.69, 9.17) is 0 Å². The maximum atomic E-state index is 13.1. The predicted octanol–water partition coefficient (Wildman–Crippen LogP) is 3.98. The number of rotatable bonds is 6. The summed E-state index contributed by atoms with van der Waals surface area (Å²) in [6.07, 6.45) is 3.30. The van der Waals surface area contributed by atoms with Crippen LogP contribution in [0, 0.1) is 6.92 Å². The van der Waals surface area contributed by atoms with Gasteiger partial charge in [0.05, 0.1) is 29.9 Å². The summed E-state index contributed by atoms with van der Waals surface area (Å²) < 4.78 is 1.69. The number of H-pyrrole nitrogens is 1. The number of hydrogen-bond donors (Lipinski definition) is 2. The van der Waals surface area contributed by atoms with Crippen LogP contribution in [0.3, 0.4) is 0 Å². The zero-order chi connectivity index (χ0) is 22.0. The number of aromatic nitrogens is 6. The first-order valence-corrected chi connectivity index (χ1v) is 10.2. The molecule has 0 spiro atoms. The summed E-state index contributed by atoms with van der Waals surface area (Å²) in [6.45, 7) is 8.03. The van der Waals surface area contributed by atoms with E-state index in [9.17, 15) is 4.79 Å². The second-order valence-electron chi connectivity index (χ2n) is 7.94. The molecule has 0 aliphatic rings. The van der Waals surface area contributed by atoms with Gasteiger partial charge in [0.15, 0.2) is 5.82 Å². The van der Waals surface area contributed by atoms with E-state index in [1.54, 1.807) is 17.2 Å². The zero-order valence-corrected chi connectivity index (χ0v) is 18.0. The third-order valence-corrected chi connectivity index (χ3v) is 5.15. The maximum absolute atomic E-state index is 13.1. The van der Waals surface area contributed by atoms with Crippen molar-refractivity contribution < 1.29 is 4.79 Å². The number of aromatic amines is 1. The summed E-state index contributed by atoms with van der Waals surface area (Å²) in [5, 5.41) is 15.2. The minimum Gasteiger partial charge on any atom is -0.347 e. The van der Waals surface area contributed by atoms with Crippen LogP contribution in [0.2, 0.25) is 0 Å². The van der Waals surface area contributed by atoms with Crippen molar-refractivity contribution in [3.63, 3.8) is 0 Å². The Kier molecular flexibility index (Phi) is 5.62. The van der Waals surface area contributed by atoms with Crippen LogP contribution in [0.4, 0.5) is 0 Å². The van der Waals surface area contributed by atoms with E-state index < -0.39 is 0 Å². The van der Waals surface area contributed by atoms with Gasteiger partial charge in [-0.05, 0) is 53.6 Å². The topological polar surface area (TPSA) is 101 Å². The molecule has 0 fully saturated rings. The zero-order valence-electron chi connectivity index (χ0n) is 18.0. The third kappa shape index (κ3) is 4.37. The molecule has 4 rings (SSSR count). The van der Waals surface area contributed by atoms with E-state index in [-0.39, 0.29) is 17.9 Å². The van der Waals surface area contributed by atoms with Gasteiger partial charge in [0, 0.05) is 11.5 Å². The van der Waals surface area contributed by atoms with E-state index in [1.807, 2.05) is 58.0 Å². The van der Waals surface area contributed by atoms with Crippen LogP contribution in [0.5, 0.6) is 0 Å². The van der Waals surface area contributed by atoms with Gasteiger partial charge >= 0.3 is 0 Å². The lowest BCUT2D eigenvalue weighted by Gasteiger charge is -2.15. The SMILES string of the molecule is Cc1ccc(-c2cc(C(=O)NC(C)c3cnc[nH]3)cc(-n3nnnc3C(C)C)c2)cc1. The summed E-state index contributed by atoms with van der Waals surface area (Å²) in [4.78, 5) is 20.2. The van der Waals surface area contributed by atoms with E-state index in [1.165, 1.54) is 5.56 Å². The third-order valence-electron chi connectivity index (χ3n) is 5.15. The van der Waals surface area contributed by atoms with Crippen molar-refractivity contribution in [3.05, 3.63) is 77.6 Å². The quantitative estimate of drug-likeness (QED) is 0.496. The van der Waals surface area contributed by atoms with Gasteiger partial charge in [-0.1, -0.05) is 43.7 Å². The molecule has 2 heterocycles. The number of carbonyl (C=O) groups excluding carboxylic acids is 1. The van der Waals surface area contributed by atoms with Crippen molar-refractivity contribution in [1.82, 2.24) is 35.5 Å². The normalized spacial score (nSPS) is 12.2. The fourth-order valence-electron chi connectivity index (χ4n) is 3.38. The lowest BCUT2D eigenvalue weighted by atomic mass is 10.00. The number of aryl methyl sites for hydroxylation is 1. The molecule has 2 aromatic carbocycles. The second kappa shape index (κ2) is 8.51. The number of carbonyl (C=O) groups is 1. The lowest BCUT2D eigenvalue weighted by molar-refractivity contribution is 0.0939. The van der Waals surface area contributed by atoms with Crippen molar-refractivity contribution >= 4 is 5.91 Å². The molecule has 0 saturated heterocycles. The van der Waals surface area contributed by atoms with Gasteiger partial charge in [0.1, 0.15) is 0 Å². The largest absolute Gasteiger partial charge is 0.347 e. The molecule has 1 unspecified atom stereocenters. The number of tetrazole rings is 1. The molecule has 4 aromatic rings. The Morgan fingerprint density at radius 1 is 1.06 bits per heavy atom. The first-order chi connectivity index (χ1) is 14.9. The molecule has 2 N–H and O–H groups in total. The van der Waals surface area contributed by atoms with E-state index in [0.717, 1.165) is 28.3 Å². The van der Waals surface area contributed by atoms with Crippen LogP contribution >= 0.6 is 0 Å². The van der Waals surface area contributed by atoms with Gasteiger partial charge in [0.25, 0.3) is 5.91 Å². The predicted molar refractivity (Wildman–Crippen MR) is 118 cm³/mol. The average molecular weight is 416 g/mol. The highest BCUT2D eigenvalue weighted by molar-refractivity contribution is 5.96. The molecule has 8 heteroatoms. The van der Waals surface area contributed by atoms with Gasteiger partial charge in [-0.25, -0.2) is 4.98 Å². The number of benzene rings is 2. The van der Waals surface area contributed by atoms with Gasteiger partial charge in [0.2, 0.25) is 0 Å². The molecule has 0 radical (unpaired) electrons. The van der Waals surface area contributed by atoms with Crippen LogP contribution in [0.15, 0.2) is 55.0 Å². The Bertz CT molecular complexity index is 1180. The maximum Gasteiger partial charge on any atom is 0.251 e. The van der Waals surface area contributed by atoms with Gasteiger partial charge in [-0.3, -0.25) is 4.79 Å². The Hall–Kier alpha value is -3.81. The number of nitrogens with zero attached hydrogens (tertiary/aromatic N) is 5. The Morgan fingerprint density at radius 2 is 1.84 bits per heavy atom. The van der Waals surface area contributed by atoms with Crippen LogP contribution in [0.1, 0.15) is 60.2 Å². The number of imidazole rings is 1. The minimum absolute atomic E-state index is 0.135. The first-order valence-electron chi connectivity index (χ1n) is 10.2. The van der Waals surface area contributed by atoms with Gasteiger partial charge in [-0.15, -0.1) is 5.10 Å².